The van der Waals surface area contributed by atoms with Gasteiger partial charge in [0.2, 0.25) is 0 Å². The van der Waals surface area contributed by atoms with Crippen LogP contribution in [0.3, 0.4) is 0 Å². The predicted octanol–water partition coefficient (Wildman–Crippen LogP) is 5.55. The lowest BCUT2D eigenvalue weighted by Gasteiger charge is -2.02. The minimum absolute atomic E-state index is 0.644. The fourth-order valence-electron chi connectivity index (χ4n) is 2.95. The molecular weight excluding hydrogens is 326 g/mol. The second-order valence-electron chi connectivity index (χ2n) is 6.57. The molecule has 0 radical (unpaired) electrons. The number of unbranched alkanes of at least 4 members (excludes halogenated alkanes) is 9. The van der Waals surface area contributed by atoms with Gasteiger partial charge in [0.25, 0.3) is 0 Å². The molecule has 0 aromatic carbocycles. The molecular formula is C19H29N7. The van der Waals surface area contributed by atoms with Crippen molar-refractivity contribution in [1.29, 1.82) is 0 Å². The van der Waals surface area contributed by atoms with Crippen molar-refractivity contribution in [3.63, 3.8) is 0 Å². The summed E-state index contributed by atoms with van der Waals surface area (Å²) >= 11 is 0. The summed E-state index contributed by atoms with van der Waals surface area (Å²) < 4.78 is 1.92. The van der Waals surface area contributed by atoms with Crippen LogP contribution in [0.25, 0.3) is 21.8 Å². The Hall–Kier alpha value is -2.40. The summed E-state index contributed by atoms with van der Waals surface area (Å²) in [5.74, 6) is 0. The van der Waals surface area contributed by atoms with Gasteiger partial charge in [0.15, 0.2) is 0 Å². The van der Waals surface area contributed by atoms with E-state index in [2.05, 4.69) is 25.3 Å². The second kappa shape index (κ2) is 12.9. The molecule has 0 aliphatic heterocycles. The highest BCUT2D eigenvalue weighted by Crippen LogP contribution is 2.13. The van der Waals surface area contributed by atoms with E-state index >= 15 is 0 Å². The van der Waals surface area contributed by atoms with E-state index < -0.39 is 0 Å². The van der Waals surface area contributed by atoms with Crippen molar-refractivity contribution in [2.45, 2.75) is 70.8 Å². The lowest BCUT2D eigenvalue weighted by molar-refractivity contribution is 0.507. The lowest BCUT2D eigenvalue weighted by Crippen LogP contribution is -1.98. The summed E-state index contributed by atoms with van der Waals surface area (Å²) in [4.78, 5) is 7.06. The minimum Gasteiger partial charge on any atom is -0.254 e. The van der Waals surface area contributed by atoms with Crippen molar-refractivity contribution in [3.8, 4) is 11.4 Å². The van der Waals surface area contributed by atoms with Gasteiger partial charge in [0.05, 0.1) is 11.9 Å². The second-order valence-corrected chi connectivity index (χ2v) is 6.57. The van der Waals surface area contributed by atoms with Crippen LogP contribution in [0.15, 0.2) is 35.7 Å². The zero-order valence-corrected chi connectivity index (χ0v) is 15.5. The fraction of sp³-hybridized carbons (Fsp3) is 0.632. The molecule has 140 valence electrons. The molecule has 7 nitrogen and oxygen atoms in total. The Balaban J connectivity index is 1.44. The molecule has 2 aromatic rings. The predicted molar refractivity (Wildman–Crippen MR) is 103 cm³/mol. The molecule has 2 rings (SSSR count). The number of aromatic nitrogens is 4. The molecule has 0 aliphatic carbocycles. The molecule has 0 aliphatic rings. The summed E-state index contributed by atoms with van der Waals surface area (Å²) in [6.07, 6.45) is 16.1. The Morgan fingerprint density at radius 1 is 0.885 bits per heavy atom. The van der Waals surface area contributed by atoms with Crippen LogP contribution in [0.1, 0.15) is 64.2 Å². The van der Waals surface area contributed by atoms with Crippen molar-refractivity contribution in [2.75, 3.05) is 6.54 Å². The summed E-state index contributed by atoms with van der Waals surface area (Å²) in [5, 5.41) is 11.9. The van der Waals surface area contributed by atoms with Gasteiger partial charge in [-0.05, 0) is 30.5 Å². The molecule has 0 spiro atoms. The van der Waals surface area contributed by atoms with Crippen LogP contribution in [0.5, 0.6) is 0 Å². The normalized spacial score (nSPS) is 10.6. The third-order valence-electron chi connectivity index (χ3n) is 4.42. The Morgan fingerprint density at radius 3 is 2.23 bits per heavy atom. The first-order valence-corrected chi connectivity index (χ1v) is 9.72. The van der Waals surface area contributed by atoms with Crippen LogP contribution in [0.2, 0.25) is 0 Å². The molecule has 26 heavy (non-hydrogen) atoms. The van der Waals surface area contributed by atoms with Crippen LogP contribution in [-0.4, -0.2) is 26.5 Å². The van der Waals surface area contributed by atoms with E-state index in [-0.39, 0.29) is 0 Å². The number of aryl methyl sites for hydroxylation is 1. The van der Waals surface area contributed by atoms with Gasteiger partial charge in [-0.15, -0.1) is 5.10 Å². The topological polar surface area (TPSA) is 92.4 Å². The van der Waals surface area contributed by atoms with E-state index in [0.717, 1.165) is 30.8 Å². The maximum absolute atomic E-state index is 8.19. The first kappa shape index (κ1) is 19.9. The van der Waals surface area contributed by atoms with Crippen LogP contribution in [0.4, 0.5) is 0 Å². The molecule has 0 atom stereocenters. The summed E-state index contributed by atoms with van der Waals surface area (Å²) in [5.41, 5.74) is 9.90. The molecule has 0 saturated carbocycles. The molecule has 0 N–H and O–H groups in total. The minimum atomic E-state index is 0.644. The van der Waals surface area contributed by atoms with Crippen LogP contribution < -0.4 is 0 Å². The monoisotopic (exact) mass is 355 g/mol. The van der Waals surface area contributed by atoms with E-state index in [1.54, 1.807) is 6.20 Å². The van der Waals surface area contributed by atoms with E-state index in [9.17, 15) is 0 Å². The van der Waals surface area contributed by atoms with E-state index in [1.807, 2.05) is 29.1 Å². The number of rotatable bonds is 14. The average Bonchev–Trinajstić information content (AvgIpc) is 3.15. The molecule has 2 aromatic heterocycles. The SMILES string of the molecule is [N-]=[N+]=NCCCCCCCCCCCCn1cc(-c2ccccn2)nn1. The zero-order chi connectivity index (χ0) is 18.3. The number of hydrogen-bond acceptors (Lipinski definition) is 4. The van der Waals surface area contributed by atoms with Gasteiger partial charge in [-0.3, -0.25) is 9.67 Å². The van der Waals surface area contributed by atoms with Crippen LogP contribution >= 0.6 is 0 Å². The first-order chi connectivity index (χ1) is 12.9. The molecule has 0 bridgehead atoms. The smallest absolute Gasteiger partial charge is 0.131 e. The Kier molecular flexibility index (Phi) is 9.88. The Bertz CT molecular complexity index is 647. The number of azide groups is 1. The van der Waals surface area contributed by atoms with E-state index in [0.29, 0.717) is 6.54 Å². The van der Waals surface area contributed by atoms with Gasteiger partial charge >= 0.3 is 0 Å². The van der Waals surface area contributed by atoms with Crippen molar-refractivity contribution >= 4 is 0 Å². The van der Waals surface area contributed by atoms with Gasteiger partial charge in [-0.2, -0.15) is 0 Å². The van der Waals surface area contributed by atoms with Crippen molar-refractivity contribution in [2.24, 2.45) is 5.11 Å². The van der Waals surface area contributed by atoms with Gasteiger partial charge in [-0.25, -0.2) is 0 Å². The van der Waals surface area contributed by atoms with Crippen molar-refractivity contribution < 1.29 is 0 Å². The highest BCUT2D eigenvalue weighted by atomic mass is 15.4. The third-order valence-corrected chi connectivity index (χ3v) is 4.42. The summed E-state index contributed by atoms with van der Waals surface area (Å²) in [6.45, 7) is 1.57. The number of hydrogen-bond donors (Lipinski definition) is 0. The quantitative estimate of drug-likeness (QED) is 0.192. The van der Waals surface area contributed by atoms with Crippen molar-refractivity contribution in [3.05, 3.63) is 41.0 Å². The van der Waals surface area contributed by atoms with E-state index in [1.165, 1.54) is 51.4 Å². The van der Waals surface area contributed by atoms with E-state index in [4.69, 9.17) is 5.53 Å². The molecule has 0 fully saturated rings. The van der Waals surface area contributed by atoms with Crippen molar-refractivity contribution in [1.82, 2.24) is 20.0 Å². The average molecular weight is 355 g/mol. The third kappa shape index (κ3) is 8.12. The largest absolute Gasteiger partial charge is 0.254 e. The molecule has 0 saturated heterocycles. The van der Waals surface area contributed by atoms with Gasteiger partial charge in [-0.1, -0.05) is 67.8 Å². The highest BCUT2D eigenvalue weighted by Gasteiger charge is 2.04. The summed E-state index contributed by atoms with van der Waals surface area (Å²) in [7, 11) is 0. The first-order valence-electron chi connectivity index (χ1n) is 9.72. The Morgan fingerprint density at radius 2 is 1.58 bits per heavy atom. The Labute approximate surface area is 155 Å². The summed E-state index contributed by atoms with van der Waals surface area (Å²) in [6, 6.07) is 5.82. The molecule has 0 amide bonds. The maximum atomic E-state index is 8.19. The van der Waals surface area contributed by atoms with Crippen LogP contribution in [0, 0.1) is 0 Å². The fourth-order valence-corrected chi connectivity index (χ4v) is 2.95. The van der Waals surface area contributed by atoms with Gasteiger partial charge in [0, 0.05) is 24.2 Å². The number of nitrogens with zero attached hydrogens (tertiary/aromatic N) is 7. The number of pyridine rings is 1. The highest BCUT2D eigenvalue weighted by molar-refractivity contribution is 5.51. The van der Waals surface area contributed by atoms with Gasteiger partial charge in [0.1, 0.15) is 5.69 Å². The molecule has 2 heterocycles. The molecule has 0 unspecified atom stereocenters. The van der Waals surface area contributed by atoms with Crippen LogP contribution in [-0.2, 0) is 6.54 Å². The van der Waals surface area contributed by atoms with Gasteiger partial charge < -0.3 is 0 Å². The standard InChI is InChI=1S/C19H29N7/c20-24-22-15-10-7-5-3-1-2-4-6-8-12-16-26-17-19(23-25-26)18-13-9-11-14-21-18/h9,11,13-14,17H,1-8,10,12,15-16H2. The lowest BCUT2D eigenvalue weighted by atomic mass is 10.1. The maximum Gasteiger partial charge on any atom is 0.131 e. The molecule has 7 heteroatoms. The zero-order valence-electron chi connectivity index (χ0n) is 15.5.